The summed E-state index contributed by atoms with van der Waals surface area (Å²) in [5, 5.41) is 0. The van der Waals surface area contributed by atoms with Gasteiger partial charge in [0, 0.05) is 6.42 Å². The molecule has 0 aromatic heterocycles. The van der Waals surface area contributed by atoms with Crippen molar-refractivity contribution in [2.75, 3.05) is 92.5 Å². The van der Waals surface area contributed by atoms with Crippen LogP contribution in [0.3, 0.4) is 0 Å². The Morgan fingerprint density at radius 3 is 1.24 bits per heavy atom. The third-order valence-electron chi connectivity index (χ3n) is 7.61. The Bertz CT molecular complexity index is 973. The average Bonchev–Trinajstić information content (AvgIpc) is 3.09. The van der Waals surface area contributed by atoms with Gasteiger partial charge in [0.1, 0.15) is 6.61 Å². The number of hydrogen-bond acceptors (Lipinski definition) is 11. The van der Waals surface area contributed by atoms with Gasteiger partial charge in [0.2, 0.25) is 0 Å². The average molecular weight is 719 g/mol. The maximum absolute atomic E-state index is 12.1. The van der Waals surface area contributed by atoms with E-state index in [0.717, 1.165) is 18.4 Å². The number of rotatable bonds is 37. The van der Waals surface area contributed by atoms with E-state index in [1.54, 1.807) is 12.1 Å². The largest absolute Gasteiger partial charge is 0.463 e. The van der Waals surface area contributed by atoms with Gasteiger partial charge >= 0.3 is 5.97 Å². The van der Waals surface area contributed by atoms with Crippen molar-refractivity contribution in [3.8, 4) is 0 Å². The van der Waals surface area contributed by atoms with Crippen molar-refractivity contribution in [3.05, 3.63) is 29.8 Å². The van der Waals surface area contributed by atoms with Crippen LogP contribution in [0.5, 0.6) is 0 Å². The molecule has 0 heterocycles. The smallest absolute Gasteiger partial charge is 0.305 e. The molecule has 0 atom stereocenters. The van der Waals surface area contributed by atoms with Gasteiger partial charge in [-0.2, -0.15) is 8.42 Å². The second-order valence-electron chi connectivity index (χ2n) is 12.0. The zero-order chi connectivity index (χ0) is 35.5. The lowest BCUT2D eigenvalue weighted by Gasteiger charge is -2.09. The van der Waals surface area contributed by atoms with E-state index in [4.69, 9.17) is 37.3 Å². The maximum Gasteiger partial charge on any atom is 0.305 e. The summed E-state index contributed by atoms with van der Waals surface area (Å²) in [7, 11) is -3.77. The molecule has 286 valence electrons. The minimum Gasteiger partial charge on any atom is -0.463 e. The van der Waals surface area contributed by atoms with Crippen molar-refractivity contribution in [1.82, 2.24) is 0 Å². The highest BCUT2D eigenvalue weighted by molar-refractivity contribution is 7.86. The third-order valence-corrected chi connectivity index (χ3v) is 8.94. The summed E-state index contributed by atoms with van der Waals surface area (Å²) in [6.45, 7) is 9.16. The van der Waals surface area contributed by atoms with Crippen molar-refractivity contribution in [3.63, 3.8) is 0 Å². The van der Waals surface area contributed by atoms with Crippen LogP contribution in [0.25, 0.3) is 0 Å². The van der Waals surface area contributed by atoms with Crippen molar-refractivity contribution >= 4 is 16.1 Å². The number of benzene rings is 1. The standard InChI is InChI=1S/C37H66O11S/c1-3-4-5-6-7-8-9-10-11-12-13-14-15-16-37(38)47-33-31-45-29-27-43-25-23-41-21-22-42-24-26-44-28-30-46-32-34-48-49(39,40)36-19-17-35(2)18-20-36/h17-20H,3-16,21-34H2,1-2H3. The van der Waals surface area contributed by atoms with E-state index in [-0.39, 0.29) is 30.7 Å². The highest BCUT2D eigenvalue weighted by atomic mass is 32.2. The van der Waals surface area contributed by atoms with E-state index >= 15 is 0 Å². The molecule has 0 bridgehead atoms. The van der Waals surface area contributed by atoms with Gasteiger partial charge in [-0.25, -0.2) is 0 Å². The van der Waals surface area contributed by atoms with Crippen LogP contribution in [0.15, 0.2) is 29.2 Å². The molecule has 11 nitrogen and oxygen atoms in total. The molecule has 0 saturated carbocycles. The number of hydrogen-bond donors (Lipinski definition) is 0. The van der Waals surface area contributed by atoms with E-state index < -0.39 is 10.1 Å². The van der Waals surface area contributed by atoms with E-state index in [0.29, 0.717) is 79.1 Å². The van der Waals surface area contributed by atoms with Gasteiger partial charge in [-0.05, 0) is 25.5 Å². The lowest BCUT2D eigenvalue weighted by atomic mass is 10.0. The lowest BCUT2D eigenvalue weighted by Crippen LogP contribution is -2.15. The fourth-order valence-corrected chi connectivity index (χ4v) is 5.64. The first-order valence-corrected chi connectivity index (χ1v) is 19.9. The minimum atomic E-state index is -3.77. The van der Waals surface area contributed by atoms with Gasteiger partial charge in [0.05, 0.1) is 90.8 Å². The Morgan fingerprint density at radius 2 is 0.837 bits per heavy atom. The molecule has 1 aromatic rings. The maximum atomic E-state index is 12.1. The first-order chi connectivity index (χ1) is 24.0. The number of ether oxygens (including phenoxy) is 7. The molecule has 0 radical (unpaired) electrons. The normalized spacial score (nSPS) is 11.7. The molecular weight excluding hydrogens is 652 g/mol. The molecule has 12 heteroatoms. The molecule has 0 spiro atoms. The zero-order valence-electron chi connectivity index (χ0n) is 30.5. The molecule has 0 N–H and O–H groups in total. The van der Waals surface area contributed by atoms with Gasteiger partial charge < -0.3 is 33.2 Å². The first-order valence-electron chi connectivity index (χ1n) is 18.5. The third kappa shape index (κ3) is 29.8. The summed E-state index contributed by atoms with van der Waals surface area (Å²) < 4.78 is 67.0. The lowest BCUT2D eigenvalue weighted by molar-refractivity contribution is -0.145. The van der Waals surface area contributed by atoms with Crippen LogP contribution in [-0.2, 0) is 52.3 Å². The number of esters is 1. The van der Waals surface area contributed by atoms with Crippen molar-refractivity contribution in [1.29, 1.82) is 0 Å². The van der Waals surface area contributed by atoms with Crippen LogP contribution in [0.4, 0.5) is 0 Å². The summed E-state index contributed by atoms with van der Waals surface area (Å²) in [5.74, 6) is -0.143. The molecule has 0 amide bonds. The molecule has 0 aliphatic rings. The zero-order valence-corrected chi connectivity index (χ0v) is 31.3. The van der Waals surface area contributed by atoms with Gasteiger partial charge in [0.15, 0.2) is 0 Å². The van der Waals surface area contributed by atoms with E-state index in [2.05, 4.69) is 6.92 Å². The van der Waals surface area contributed by atoms with Crippen LogP contribution in [0.2, 0.25) is 0 Å². The van der Waals surface area contributed by atoms with Crippen molar-refractivity contribution in [2.24, 2.45) is 0 Å². The van der Waals surface area contributed by atoms with Gasteiger partial charge in [-0.1, -0.05) is 102 Å². The summed E-state index contributed by atoms with van der Waals surface area (Å²) in [6, 6.07) is 6.49. The second-order valence-corrected chi connectivity index (χ2v) is 13.6. The number of aryl methyl sites for hydroxylation is 1. The molecule has 0 aliphatic heterocycles. The van der Waals surface area contributed by atoms with Crippen LogP contribution >= 0.6 is 0 Å². The summed E-state index contributed by atoms with van der Waals surface area (Å²) in [6.07, 6.45) is 17.2. The fraction of sp³-hybridized carbons (Fsp3) is 0.811. The molecule has 49 heavy (non-hydrogen) atoms. The van der Waals surface area contributed by atoms with Gasteiger partial charge in [-0.3, -0.25) is 8.98 Å². The molecule has 0 unspecified atom stereocenters. The number of unbranched alkanes of at least 4 members (excludes halogenated alkanes) is 12. The first kappa shape index (κ1) is 45.4. The molecule has 1 rings (SSSR count). The number of carbonyl (C=O) groups excluding carboxylic acids is 1. The van der Waals surface area contributed by atoms with Crippen LogP contribution < -0.4 is 0 Å². The van der Waals surface area contributed by atoms with Crippen molar-refractivity contribution in [2.45, 2.75) is 109 Å². The SMILES string of the molecule is CCCCCCCCCCCCCCCC(=O)OCCOCCOCCOCCOCCOCCOCCOS(=O)(=O)c1ccc(C)cc1. The predicted molar refractivity (Wildman–Crippen MR) is 191 cm³/mol. The van der Waals surface area contributed by atoms with Crippen LogP contribution in [0.1, 0.15) is 102 Å². The minimum absolute atomic E-state index is 0.0592. The van der Waals surface area contributed by atoms with Crippen molar-refractivity contribution < 1.29 is 50.6 Å². The monoisotopic (exact) mass is 718 g/mol. The molecule has 0 aliphatic carbocycles. The van der Waals surface area contributed by atoms with Crippen LogP contribution in [0, 0.1) is 6.92 Å². The molecule has 1 aromatic carbocycles. The second kappa shape index (κ2) is 33.5. The Kier molecular flexibility index (Phi) is 31.0. The fourth-order valence-electron chi connectivity index (χ4n) is 4.75. The molecule has 0 saturated heterocycles. The highest BCUT2D eigenvalue weighted by Gasteiger charge is 2.14. The number of carbonyl (C=O) groups is 1. The Hall–Kier alpha value is -1.64. The van der Waals surface area contributed by atoms with Gasteiger partial charge in [-0.15, -0.1) is 0 Å². The quantitative estimate of drug-likeness (QED) is 0.0409. The summed E-state index contributed by atoms with van der Waals surface area (Å²) in [5.41, 5.74) is 0.976. The Labute approximate surface area is 297 Å². The molecule has 0 fully saturated rings. The Morgan fingerprint density at radius 1 is 0.490 bits per heavy atom. The van der Waals surface area contributed by atoms with E-state index in [1.165, 1.54) is 82.8 Å². The topological polar surface area (TPSA) is 125 Å². The van der Waals surface area contributed by atoms with E-state index in [1.807, 2.05) is 6.92 Å². The summed E-state index contributed by atoms with van der Waals surface area (Å²) in [4.78, 5) is 12.0. The van der Waals surface area contributed by atoms with Crippen LogP contribution in [-0.4, -0.2) is 107 Å². The van der Waals surface area contributed by atoms with Gasteiger partial charge in [0.25, 0.3) is 10.1 Å². The Balaban J connectivity index is 1.71. The predicted octanol–water partition coefficient (Wildman–Crippen LogP) is 6.82. The highest BCUT2D eigenvalue weighted by Crippen LogP contribution is 2.14. The summed E-state index contributed by atoms with van der Waals surface area (Å²) >= 11 is 0. The van der Waals surface area contributed by atoms with E-state index in [9.17, 15) is 13.2 Å². The molecular formula is C37H66O11S.